The third-order valence-electron chi connectivity index (χ3n) is 2.95. The Hall–Kier alpha value is 0.1000. The monoisotopic (exact) mass is 289 g/mol. The summed E-state index contributed by atoms with van der Waals surface area (Å²) in [7, 11) is 0. The van der Waals surface area contributed by atoms with Crippen molar-refractivity contribution in [2.75, 3.05) is 6.54 Å². The number of aliphatic hydroxyl groups is 1. The van der Waals surface area contributed by atoms with Gasteiger partial charge in [0.25, 0.3) is 0 Å². The van der Waals surface area contributed by atoms with Gasteiger partial charge >= 0.3 is 0 Å². The van der Waals surface area contributed by atoms with Crippen LogP contribution < -0.4 is 5.32 Å². The van der Waals surface area contributed by atoms with Crippen molar-refractivity contribution >= 4 is 27.3 Å². The fourth-order valence-electron chi connectivity index (χ4n) is 2.08. The molecule has 84 valence electrons. The van der Waals surface area contributed by atoms with Gasteiger partial charge in [0.1, 0.15) is 0 Å². The molecule has 0 bridgehead atoms. The molecule has 0 aromatic carbocycles. The van der Waals surface area contributed by atoms with E-state index in [2.05, 4.69) is 33.4 Å². The lowest BCUT2D eigenvalue weighted by molar-refractivity contribution is 0.131. The van der Waals surface area contributed by atoms with Crippen LogP contribution in [0.4, 0.5) is 0 Å². The molecule has 1 aromatic heterocycles. The Kier molecular flexibility index (Phi) is 4.20. The smallest absolute Gasteiger partial charge is 0.0701 e. The predicted octanol–water partition coefficient (Wildman–Crippen LogP) is 2.76. The highest BCUT2D eigenvalue weighted by atomic mass is 79.9. The zero-order valence-electron chi connectivity index (χ0n) is 8.58. The maximum Gasteiger partial charge on any atom is 0.0701 e. The molecule has 0 aliphatic heterocycles. The molecule has 1 fully saturated rings. The van der Waals surface area contributed by atoms with Gasteiger partial charge in [-0.1, -0.05) is 6.42 Å². The Morgan fingerprint density at radius 3 is 2.93 bits per heavy atom. The minimum absolute atomic E-state index is 0.0763. The lowest BCUT2D eigenvalue weighted by Crippen LogP contribution is -2.27. The van der Waals surface area contributed by atoms with Gasteiger partial charge in [0, 0.05) is 18.0 Å². The first-order valence-corrected chi connectivity index (χ1v) is 6.99. The molecule has 2 unspecified atom stereocenters. The highest BCUT2D eigenvalue weighted by Crippen LogP contribution is 2.25. The molecule has 0 spiro atoms. The number of thiophene rings is 1. The van der Waals surface area contributed by atoms with E-state index in [1.807, 2.05) is 0 Å². The largest absolute Gasteiger partial charge is 0.393 e. The van der Waals surface area contributed by atoms with Crippen molar-refractivity contribution in [2.24, 2.45) is 5.92 Å². The maximum atomic E-state index is 9.65. The van der Waals surface area contributed by atoms with Crippen molar-refractivity contribution in [3.63, 3.8) is 0 Å². The quantitative estimate of drug-likeness (QED) is 0.893. The summed E-state index contributed by atoms with van der Waals surface area (Å²) in [6.07, 6.45) is 3.25. The Morgan fingerprint density at radius 2 is 2.33 bits per heavy atom. The lowest BCUT2D eigenvalue weighted by Gasteiger charge is -2.14. The van der Waals surface area contributed by atoms with Crippen molar-refractivity contribution in [2.45, 2.75) is 31.9 Å². The molecular weight excluding hydrogens is 274 g/mol. The molecule has 15 heavy (non-hydrogen) atoms. The molecule has 1 aliphatic carbocycles. The second-order valence-corrected chi connectivity index (χ2v) is 6.64. The van der Waals surface area contributed by atoms with Gasteiger partial charge in [0.05, 0.1) is 9.89 Å². The highest BCUT2D eigenvalue weighted by molar-refractivity contribution is 9.11. The van der Waals surface area contributed by atoms with Crippen molar-refractivity contribution in [3.05, 3.63) is 20.8 Å². The predicted molar refractivity (Wildman–Crippen MR) is 67.1 cm³/mol. The van der Waals surface area contributed by atoms with Gasteiger partial charge in [-0.05, 0) is 46.8 Å². The van der Waals surface area contributed by atoms with Crippen molar-refractivity contribution in [1.82, 2.24) is 5.32 Å². The average molecular weight is 290 g/mol. The number of hydrogen-bond acceptors (Lipinski definition) is 3. The molecule has 2 N–H and O–H groups in total. The summed E-state index contributed by atoms with van der Waals surface area (Å²) in [5, 5.41) is 13.1. The molecule has 1 aromatic rings. The molecule has 2 atom stereocenters. The Labute approximate surface area is 103 Å². The van der Waals surface area contributed by atoms with Crippen LogP contribution in [0.2, 0.25) is 0 Å². The first-order valence-electron chi connectivity index (χ1n) is 5.38. The topological polar surface area (TPSA) is 32.3 Å². The molecule has 0 amide bonds. The summed E-state index contributed by atoms with van der Waals surface area (Å²) < 4.78 is 1.18. The van der Waals surface area contributed by atoms with Gasteiger partial charge in [-0.15, -0.1) is 11.3 Å². The molecule has 1 aliphatic rings. The van der Waals surface area contributed by atoms with Crippen LogP contribution in [0.5, 0.6) is 0 Å². The highest BCUT2D eigenvalue weighted by Gasteiger charge is 2.24. The number of aliphatic hydroxyl groups excluding tert-OH is 1. The van der Waals surface area contributed by atoms with E-state index in [4.69, 9.17) is 0 Å². The summed E-state index contributed by atoms with van der Waals surface area (Å²) in [6, 6.07) is 4.21. The van der Waals surface area contributed by atoms with Gasteiger partial charge in [-0.25, -0.2) is 0 Å². The van der Waals surface area contributed by atoms with E-state index in [1.165, 1.54) is 21.5 Å². The summed E-state index contributed by atoms with van der Waals surface area (Å²) in [5.41, 5.74) is 0. The van der Waals surface area contributed by atoms with Gasteiger partial charge in [0.2, 0.25) is 0 Å². The Balaban J connectivity index is 1.70. The van der Waals surface area contributed by atoms with E-state index in [9.17, 15) is 5.11 Å². The average Bonchev–Trinajstić information content (AvgIpc) is 2.77. The Morgan fingerprint density at radius 1 is 1.47 bits per heavy atom. The molecule has 1 heterocycles. The van der Waals surface area contributed by atoms with E-state index >= 15 is 0 Å². The van der Waals surface area contributed by atoms with Crippen LogP contribution in [0.3, 0.4) is 0 Å². The third-order valence-corrected chi connectivity index (χ3v) is 4.58. The number of hydrogen-bond donors (Lipinski definition) is 2. The van der Waals surface area contributed by atoms with Crippen molar-refractivity contribution in [1.29, 1.82) is 0 Å². The number of rotatable bonds is 4. The van der Waals surface area contributed by atoms with Crippen LogP contribution in [-0.4, -0.2) is 17.8 Å². The fourth-order valence-corrected chi connectivity index (χ4v) is 3.54. The molecule has 1 saturated carbocycles. The molecule has 2 rings (SSSR count). The van der Waals surface area contributed by atoms with E-state index in [-0.39, 0.29) is 6.10 Å². The van der Waals surface area contributed by atoms with Crippen LogP contribution in [0.1, 0.15) is 24.1 Å². The zero-order chi connectivity index (χ0) is 10.7. The van der Waals surface area contributed by atoms with Crippen LogP contribution >= 0.6 is 27.3 Å². The summed E-state index contributed by atoms with van der Waals surface area (Å²) >= 11 is 5.21. The normalized spacial score (nSPS) is 26.0. The van der Waals surface area contributed by atoms with Gasteiger partial charge in [0.15, 0.2) is 0 Å². The molecule has 4 heteroatoms. The van der Waals surface area contributed by atoms with E-state index in [1.54, 1.807) is 11.3 Å². The summed E-state index contributed by atoms with van der Waals surface area (Å²) in [4.78, 5) is 1.34. The standard InChI is InChI=1S/C11H16BrNOS/c12-11-5-4-9(15-11)7-13-6-8-2-1-3-10(8)14/h4-5,8,10,13-14H,1-3,6-7H2. The van der Waals surface area contributed by atoms with E-state index in [0.717, 1.165) is 19.5 Å². The molecular formula is C11H16BrNOS. The van der Waals surface area contributed by atoms with Crippen molar-refractivity contribution < 1.29 is 5.11 Å². The van der Waals surface area contributed by atoms with Crippen LogP contribution in [0.15, 0.2) is 15.9 Å². The third kappa shape index (κ3) is 3.28. The van der Waals surface area contributed by atoms with Crippen LogP contribution in [0, 0.1) is 5.92 Å². The second-order valence-electron chi connectivity index (χ2n) is 4.10. The summed E-state index contributed by atoms with van der Waals surface area (Å²) in [6.45, 7) is 1.86. The first-order chi connectivity index (χ1) is 7.25. The molecule has 0 saturated heterocycles. The van der Waals surface area contributed by atoms with Crippen molar-refractivity contribution in [3.8, 4) is 0 Å². The van der Waals surface area contributed by atoms with E-state index in [0.29, 0.717) is 5.92 Å². The second kappa shape index (κ2) is 5.43. The molecule has 2 nitrogen and oxygen atoms in total. The molecule has 0 radical (unpaired) electrons. The zero-order valence-corrected chi connectivity index (χ0v) is 11.0. The Bertz CT molecular complexity index is 315. The number of nitrogens with one attached hydrogen (secondary N) is 1. The van der Waals surface area contributed by atoms with Gasteiger partial charge in [-0.3, -0.25) is 0 Å². The van der Waals surface area contributed by atoms with E-state index < -0.39 is 0 Å². The van der Waals surface area contributed by atoms with Gasteiger partial charge in [-0.2, -0.15) is 0 Å². The SMILES string of the molecule is OC1CCCC1CNCc1ccc(Br)s1. The number of halogens is 1. The first kappa shape index (κ1) is 11.6. The maximum absolute atomic E-state index is 9.65. The summed E-state index contributed by atoms with van der Waals surface area (Å²) in [5.74, 6) is 0.466. The van der Waals surface area contributed by atoms with Crippen LogP contribution in [-0.2, 0) is 6.54 Å². The minimum atomic E-state index is -0.0763. The fraction of sp³-hybridized carbons (Fsp3) is 0.636. The van der Waals surface area contributed by atoms with Crippen LogP contribution in [0.25, 0.3) is 0 Å². The lowest BCUT2D eigenvalue weighted by atomic mass is 10.1. The minimum Gasteiger partial charge on any atom is -0.393 e. The van der Waals surface area contributed by atoms with Gasteiger partial charge < -0.3 is 10.4 Å².